The summed E-state index contributed by atoms with van der Waals surface area (Å²) in [5.74, 6) is 0.199. The predicted molar refractivity (Wildman–Crippen MR) is 104 cm³/mol. The monoisotopic (exact) mass is 364 g/mol. The van der Waals surface area contributed by atoms with E-state index in [0.29, 0.717) is 6.42 Å². The molecule has 5 nitrogen and oxygen atoms in total. The first-order chi connectivity index (χ1) is 13.2. The molecule has 1 fully saturated rings. The van der Waals surface area contributed by atoms with Crippen LogP contribution in [-0.4, -0.2) is 36.4 Å². The number of Topliss-reactive ketones (excluding diaryl/α,β-unsaturated/α-hetero) is 1. The van der Waals surface area contributed by atoms with Crippen LogP contribution < -0.4 is 5.32 Å². The van der Waals surface area contributed by atoms with E-state index in [-0.39, 0.29) is 11.9 Å². The number of rotatable bonds is 5. The van der Waals surface area contributed by atoms with Crippen LogP contribution in [0.15, 0.2) is 54.6 Å². The maximum Gasteiger partial charge on any atom is 0.412 e. The second-order valence-electron chi connectivity index (χ2n) is 7.29. The van der Waals surface area contributed by atoms with Gasteiger partial charge >= 0.3 is 6.09 Å². The molecule has 0 unspecified atom stereocenters. The lowest BCUT2D eigenvalue weighted by Gasteiger charge is -2.44. The first kappa shape index (κ1) is 17.7. The summed E-state index contributed by atoms with van der Waals surface area (Å²) in [6.45, 7) is 2.62. The molecule has 1 N–H and O–H groups in total. The van der Waals surface area contributed by atoms with E-state index in [4.69, 9.17) is 4.74 Å². The molecule has 1 amide bonds. The molecule has 2 aliphatic rings. The second-order valence-corrected chi connectivity index (χ2v) is 7.29. The number of carbonyl (C=O) groups is 2. The lowest BCUT2D eigenvalue weighted by atomic mass is 9.82. The number of carbonyl (C=O) groups excluding carboxylic acids is 2. The molecule has 2 aliphatic heterocycles. The minimum absolute atomic E-state index is 0.199. The fourth-order valence-electron chi connectivity index (χ4n) is 4.10. The van der Waals surface area contributed by atoms with Crippen LogP contribution in [0.4, 0.5) is 10.5 Å². The molecule has 0 saturated carbocycles. The fourth-order valence-corrected chi connectivity index (χ4v) is 4.10. The second kappa shape index (κ2) is 7.53. The molecule has 27 heavy (non-hydrogen) atoms. The number of anilines is 1. The third-order valence-electron chi connectivity index (χ3n) is 5.58. The van der Waals surface area contributed by atoms with Crippen molar-refractivity contribution in [3.8, 4) is 0 Å². The van der Waals surface area contributed by atoms with Crippen LogP contribution in [0.3, 0.4) is 0 Å². The third-order valence-corrected chi connectivity index (χ3v) is 5.58. The average molecular weight is 364 g/mol. The van der Waals surface area contributed by atoms with E-state index in [9.17, 15) is 9.59 Å². The van der Waals surface area contributed by atoms with E-state index < -0.39 is 5.60 Å². The Balaban J connectivity index is 1.32. The number of amides is 1. The highest BCUT2D eigenvalue weighted by Gasteiger charge is 2.44. The molecule has 0 radical (unpaired) electrons. The van der Waals surface area contributed by atoms with Crippen LogP contribution in [0.5, 0.6) is 0 Å². The number of hydrogen-bond donors (Lipinski definition) is 1. The van der Waals surface area contributed by atoms with Crippen LogP contribution in [-0.2, 0) is 10.3 Å². The number of nitrogens with one attached hydrogen (secondary N) is 1. The highest BCUT2D eigenvalue weighted by atomic mass is 16.6. The maximum absolute atomic E-state index is 12.2. The molecule has 140 valence electrons. The molecule has 5 heteroatoms. The van der Waals surface area contributed by atoms with Crippen molar-refractivity contribution < 1.29 is 14.3 Å². The molecule has 1 spiro atoms. The van der Waals surface area contributed by atoms with Crippen LogP contribution in [0.25, 0.3) is 0 Å². The minimum atomic E-state index is -0.519. The molecule has 0 aliphatic carbocycles. The number of ether oxygens (including phenoxy) is 1. The van der Waals surface area contributed by atoms with Gasteiger partial charge in [-0.3, -0.25) is 10.1 Å². The van der Waals surface area contributed by atoms with E-state index >= 15 is 0 Å². The first-order valence-electron chi connectivity index (χ1n) is 9.56. The zero-order chi connectivity index (χ0) is 18.7. The Morgan fingerprint density at radius 2 is 1.74 bits per heavy atom. The molecule has 1 saturated heterocycles. The molecule has 2 aromatic rings. The number of piperidine rings is 1. The van der Waals surface area contributed by atoms with Crippen molar-refractivity contribution in [3.63, 3.8) is 0 Å². The van der Waals surface area contributed by atoms with Gasteiger partial charge in [0.25, 0.3) is 0 Å². The highest BCUT2D eigenvalue weighted by Crippen LogP contribution is 2.43. The Hall–Kier alpha value is -2.66. The average Bonchev–Trinajstić information content (AvgIpc) is 2.70. The van der Waals surface area contributed by atoms with Crippen molar-refractivity contribution in [1.29, 1.82) is 0 Å². The van der Waals surface area contributed by atoms with Gasteiger partial charge in [0.15, 0.2) is 5.78 Å². The number of benzene rings is 2. The van der Waals surface area contributed by atoms with Gasteiger partial charge in [0.1, 0.15) is 5.60 Å². The molecular formula is C22H24N2O3. The molecule has 2 aromatic carbocycles. The van der Waals surface area contributed by atoms with Crippen molar-refractivity contribution in [2.75, 3.05) is 25.0 Å². The Kier molecular flexibility index (Phi) is 4.94. The lowest BCUT2D eigenvalue weighted by molar-refractivity contribution is -0.0379. The van der Waals surface area contributed by atoms with Crippen molar-refractivity contribution >= 4 is 17.6 Å². The van der Waals surface area contributed by atoms with Crippen LogP contribution in [0, 0.1) is 0 Å². The third kappa shape index (κ3) is 3.74. The van der Waals surface area contributed by atoms with Gasteiger partial charge in [0.2, 0.25) is 0 Å². The number of nitrogens with zero attached hydrogens (tertiary/aromatic N) is 1. The van der Waals surface area contributed by atoms with Crippen molar-refractivity contribution in [2.45, 2.75) is 31.3 Å². The fraction of sp³-hybridized carbons (Fsp3) is 0.364. The standard InChI is InChI=1S/C22H24N2O3/c25-20(17-7-2-1-3-8-17)11-6-14-24-15-12-22(13-16-24)18-9-4-5-10-19(18)23-21(26)27-22/h1-5,7-10H,6,11-16H2,(H,23,26). The van der Waals surface area contributed by atoms with Gasteiger partial charge in [0, 0.05) is 43.5 Å². The molecule has 2 heterocycles. The molecular weight excluding hydrogens is 340 g/mol. The SMILES string of the molecule is O=C1Nc2ccccc2C2(CCN(CCCC(=O)c3ccccc3)CC2)O1. The van der Waals surface area contributed by atoms with Gasteiger partial charge in [-0.25, -0.2) is 4.79 Å². The van der Waals surface area contributed by atoms with E-state index in [1.54, 1.807) is 0 Å². The summed E-state index contributed by atoms with van der Waals surface area (Å²) in [7, 11) is 0. The highest BCUT2D eigenvalue weighted by molar-refractivity contribution is 5.95. The van der Waals surface area contributed by atoms with Gasteiger partial charge in [-0.1, -0.05) is 48.5 Å². The number of ketones is 1. The summed E-state index contributed by atoms with van der Waals surface area (Å²) in [5, 5.41) is 2.79. The zero-order valence-corrected chi connectivity index (χ0v) is 15.3. The quantitative estimate of drug-likeness (QED) is 0.808. The van der Waals surface area contributed by atoms with Crippen molar-refractivity contribution in [2.24, 2.45) is 0 Å². The normalized spacial score (nSPS) is 18.4. The number of hydrogen-bond acceptors (Lipinski definition) is 4. The Labute approximate surface area is 159 Å². The summed E-state index contributed by atoms with van der Waals surface area (Å²) in [5.41, 5.74) is 2.20. The van der Waals surface area contributed by atoms with Crippen LogP contribution in [0.2, 0.25) is 0 Å². The van der Waals surface area contributed by atoms with E-state index in [1.807, 2.05) is 54.6 Å². The Morgan fingerprint density at radius 1 is 1.04 bits per heavy atom. The summed E-state index contributed by atoms with van der Waals surface area (Å²) < 4.78 is 5.76. The molecule has 0 aromatic heterocycles. The van der Waals surface area contributed by atoms with Crippen molar-refractivity contribution in [1.82, 2.24) is 4.90 Å². The molecule has 4 rings (SSSR count). The smallest absolute Gasteiger partial charge is 0.412 e. The van der Waals surface area contributed by atoms with E-state index in [2.05, 4.69) is 10.2 Å². The summed E-state index contributed by atoms with van der Waals surface area (Å²) in [4.78, 5) is 26.6. The van der Waals surface area contributed by atoms with E-state index in [0.717, 1.165) is 55.7 Å². The number of likely N-dealkylation sites (tertiary alicyclic amines) is 1. The van der Waals surface area contributed by atoms with Crippen LogP contribution >= 0.6 is 0 Å². The lowest BCUT2D eigenvalue weighted by Crippen LogP contribution is -2.48. The topological polar surface area (TPSA) is 58.6 Å². The maximum atomic E-state index is 12.2. The number of para-hydroxylation sites is 1. The number of fused-ring (bicyclic) bond motifs is 2. The predicted octanol–water partition coefficient (Wildman–Crippen LogP) is 4.20. The van der Waals surface area contributed by atoms with Crippen molar-refractivity contribution in [3.05, 3.63) is 65.7 Å². The zero-order valence-electron chi connectivity index (χ0n) is 15.3. The van der Waals surface area contributed by atoms with Gasteiger partial charge in [-0.15, -0.1) is 0 Å². The summed E-state index contributed by atoms with van der Waals surface area (Å²) >= 11 is 0. The molecule has 0 bridgehead atoms. The Bertz CT molecular complexity index is 826. The van der Waals surface area contributed by atoms with Gasteiger partial charge in [-0.05, 0) is 19.0 Å². The summed E-state index contributed by atoms with van der Waals surface area (Å²) in [6, 6.07) is 17.4. The summed E-state index contributed by atoms with van der Waals surface area (Å²) in [6.07, 6.45) is 2.61. The largest absolute Gasteiger partial charge is 0.438 e. The van der Waals surface area contributed by atoms with E-state index in [1.165, 1.54) is 0 Å². The Morgan fingerprint density at radius 3 is 2.52 bits per heavy atom. The van der Waals surface area contributed by atoms with Gasteiger partial charge in [-0.2, -0.15) is 0 Å². The van der Waals surface area contributed by atoms with Crippen LogP contribution in [0.1, 0.15) is 41.6 Å². The first-order valence-corrected chi connectivity index (χ1v) is 9.56. The van der Waals surface area contributed by atoms with Gasteiger partial charge in [0.05, 0.1) is 5.69 Å². The minimum Gasteiger partial charge on any atom is -0.438 e. The van der Waals surface area contributed by atoms with Gasteiger partial charge < -0.3 is 9.64 Å². The molecule has 0 atom stereocenters.